The number of thioether (sulfide) groups is 1. The molecule has 0 spiro atoms. The Morgan fingerprint density at radius 2 is 1.51 bits per heavy atom. The van der Waals surface area contributed by atoms with Crippen LogP contribution in [0.25, 0.3) is 22.5 Å². The quantitative estimate of drug-likeness (QED) is 0.278. The van der Waals surface area contributed by atoms with Gasteiger partial charge in [0.1, 0.15) is 11.5 Å². The number of aromatic amines is 1. The van der Waals surface area contributed by atoms with Gasteiger partial charge in [-0.3, -0.25) is 4.79 Å². The predicted octanol–water partition coefficient (Wildman–Crippen LogP) is 6.50. The van der Waals surface area contributed by atoms with Crippen molar-refractivity contribution in [3.8, 4) is 34.0 Å². The van der Waals surface area contributed by atoms with E-state index in [9.17, 15) is 4.79 Å². The van der Waals surface area contributed by atoms with Gasteiger partial charge in [-0.05, 0) is 80.9 Å². The summed E-state index contributed by atoms with van der Waals surface area (Å²) in [6.07, 6.45) is 0. The molecule has 4 rings (SSSR count). The number of amides is 1. The van der Waals surface area contributed by atoms with Crippen molar-refractivity contribution < 1.29 is 14.3 Å². The fourth-order valence-electron chi connectivity index (χ4n) is 3.74. The minimum absolute atomic E-state index is 0.0738. The zero-order valence-corrected chi connectivity index (χ0v) is 21.3. The molecule has 1 atom stereocenters. The second kappa shape index (κ2) is 10.7. The van der Waals surface area contributed by atoms with Crippen molar-refractivity contribution in [2.45, 2.75) is 31.2 Å². The molecule has 35 heavy (non-hydrogen) atoms. The first-order chi connectivity index (χ1) is 16.9. The molecule has 6 nitrogen and oxygen atoms in total. The molecule has 0 radical (unpaired) electrons. The normalized spacial score (nSPS) is 11.7. The predicted molar refractivity (Wildman–Crippen MR) is 142 cm³/mol. The van der Waals surface area contributed by atoms with Gasteiger partial charge >= 0.3 is 0 Å². The Bertz CT molecular complexity index is 1250. The molecule has 0 saturated heterocycles. The second-order valence-electron chi connectivity index (χ2n) is 8.29. The molecule has 0 aliphatic rings. The summed E-state index contributed by atoms with van der Waals surface area (Å²) in [6, 6.07) is 21.6. The summed E-state index contributed by atoms with van der Waals surface area (Å²) in [5.41, 5.74) is 6.64. The number of carbonyl (C=O) groups is 1. The number of nitrogens with zero attached hydrogens (tertiary/aromatic N) is 1. The van der Waals surface area contributed by atoms with Crippen molar-refractivity contribution in [3.63, 3.8) is 0 Å². The smallest absolute Gasteiger partial charge is 0.237 e. The third-order valence-electron chi connectivity index (χ3n) is 5.72. The molecule has 1 aromatic heterocycles. The zero-order chi connectivity index (χ0) is 24.9. The molecule has 1 heterocycles. The minimum Gasteiger partial charge on any atom is -0.497 e. The Morgan fingerprint density at radius 3 is 2.09 bits per heavy atom. The number of ether oxygens (including phenoxy) is 2. The van der Waals surface area contributed by atoms with E-state index in [4.69, 9.17) is 14.5 Å². The van der Waals surface area contributed by atoms with E-state index in [1.807, 2.05) is 81.4 Å². The Morgan fingerprint density at radius 1 is 0.914 bits per heavy atom. The molecule has 4 aromatic rings. The van der Waals surface area contributed by atoms with Gasteiger partial charge < -0.3 is 19.8 Å². The van der Waals surface area contributed by atoms with E-state index in [1.165, 1.54) is 11.8 Å². The highest BCUT2D eigenvalue weighted by molar-refractivity contribution is 8.00. The van der Waals surface area contributed by atoms with E-state index >= 15 is 0 Å². The van der Waals surface area contributed by atoms with Crippen molar-refractivity contribution >= 4 is 23.4 Å². The molecule has 0 saturated carbocycles. The van der Waals surface area contributed by atoms with Crippen LogP contribution in [0.1, 0.15) is 18.1 Å². The lowest BCUT2D eigenvalue weighted by molar-refractivity contribution is -0.115. The lowest BCUT2D eigenvalue weighted by Crippen LogP contribution is -2.23. The Hall–Kier alpha value is -3.71. The molecule has 7 heteroatoms. The maximum atomic E-state index is 12.9. The van der Waals surface area contributed by atoms with Crippen LogP contribution in [0.3, 0.4) is 0 Å². The van der Waals surface area contributed by atoms with Crippen LogP contribution in [0, 0.1) is 13.8 Å². The van der Waals surface area contributed by atoms with Crippen LogP contribution in [0.4, 0.5) is 5.69 Å². The Kier molecular flexibility index (Phi) is 7.46. The second-order valence-corrected chi connectivity index (χ2v) is 9.62. The number of nitrogens with one attached hydrogen (secondary N) is 2. The minimum atomic E-state index is -0.353. The van der Waals surface area contributed by atoms with E-state index in [2.05, 4.69) is 16.4 Å². The third-order valence-corrected chi connectivity index (χ3v) is 6.71. The summed E-state index contributed by atoms with van der Waals surface area (Å²) < 4.78 is 10.6. The number of hydrogen-bond donors (Lipinski definition) is 2. The highest BCUT2D eigenvalue weighted by Crippen LogP contribution is 2.35. The Labute approximate surface area is 210 Å². The van der Waals surface area contributed by atoms with Crippen molar-refractivity contribution in [1.29, 1.82) is 0 Å². The highest BCUT2D eigenvalue weighted by atomic mass is 32.2. The summed E-state index contributed by atoms with van der Waals surface area (Å²) in [5, 5.41) is 3.36. The highest BCUT2D eigenvalue weighted by Gasteiger charge is 2.20. The van der Waals surface area contributed by atoms with E-state index in [0.717, 1.165) is 50.8 Å². The van der Waals surface area contributed by atoms with Gasteiger partial charge in [-0.25, -0.2) is 4.98 Å². The number of aromatic nitrogens is 2. The molecular formula is C28H29N3O3S. The van der Waals surface area contributed by atoms with Gasteiger partial charge in [-0.2, -0.15) is 0 Å². The first kappa shape index (κ1) is 24.4. The number of carbonyl (C=O) groups excluding carboxylic acids is 1. The first-order valence-electron chi connectivity index (χ1n) is 11.3. The number of H-pyrrole nitrogens is 1. The largest absolute Gasteiger partial charge is 0.497 e. The van der Waals surface area contributed by atoms with Crippen molar-refractivity contribution in [3.05, 3.63) is 77.9 Å². The van der Waals surface area contributed by atoms with Gasteiger partial charge in [-0.1, -0.05) is 29.5 Å². The molecule has 0 aliphatic heterocycles. The summed E-state index contributed by atoms with van der Waals surface area (Å²) in [4.78, 5) is 21.2. The monoisotopic (exact) mass is 487 g/mol. The lowest BCUT2D eigenvalue weighted by Gasteiger charge is -2.13. The van der Waals surface area contributed by atoms with Crippen molar-refractivity contribution in [2.75, 3.05) is 19.5 Å². The summed E-state index contributed by atoms with van der Waals surface area (Å²) in [6.45, 7) is 5.91. The molecule has 0 bridgehead atoms. The molecule has 1 amide bonds. The molecular weight excluding hydrogens is 458 g/mol. The van der Waals surface area contributed by atoms with Gasteiger partial charge in [0.25, 0.3) is 0 Å². The maximum Gasteiger partial charge on any atom is 0.237 e. The number of methoxy groups -OCH3 is 2. The molecule has 0 aliphatic carbocycles. The van der Waals surface area contributed by atoms with Gasteiger partial charge in [-0.15, -0.1) is 0 Å². The van der Waals surface area contributed by atoms with Crippen LogP contribution in [0.2, 0.25) is 0 Å². The fraction of sp³-hybridized carbons (Fsp3) is 0.214. The lowest BCUT2D eigenvalue weighted by atomic mass is 10.0. The summed E-state index contributed by atoms with van der Waals surface area (Å²) in [7, 11) is 3.29. The molecule has 3 aromatic carbocycles. The average Bonchev–Trinajstić information content (AvgIpc) is 3.29. The molecule has 1 unspecified atom stereocenters. The van der Waals surface area contributed by atoms with Crippen LogP contribution < -0.4 is 14.8 Å². The van der Waals surface area contributed by atoms with Crippen LogP contribution in [0.5, 0.6) is 11.5 Å². The number of aryl methyl sites for hydroxylation is 2. The molecule has 180 valence electrons. The van der Waals surface area contributed by atoms with E-state index in [1.54, 1.807) is 14.2 Å². The fourth-order valence-corrected chi connectivity index (χ4v) is 4.55. The number of hydrogen-bond acceptors (Lipinski definition) is 5. The van der Waals surface area contributed by atoms with Gasteiger partial charge in [0.15, 0.2) is 5.16 Å². The standard InChI is InChI=1S/C28H29N3O3S/c1-17-6-15-24(18(2)16-17)29-27(32)19(3)35-28-30-25(20-7-11-22(33-4)12-8-20)26(31-28)21-9-13-23(34-5)14-10-21/h6-16,19H,1-5H3,(H,29,32)(H,30,31). The first-order valence-corrected chi connectivity index (χ1v) is 12.2. The van der Waals surface area contributed by atoms with Gasteiger partial charge in [0, 0.05) is 16.8 Å². The van der Waals surface area contributed by atoms with Crippen LogP contribution in [-0.2, 0) is 4.79 Å². The molecule has 0 fully saturated rings. The van der Waals surface area contributed by atoms with Gasteiger partial charge in [0.2, 0.25) is 5.91 Å². The van der Waals surface area contributed by atoms with Crippen LogP contribution in [-0.4, -0.2) is 35.3 Å². The zero-order valence-electron chi connectivity index (χ0n) is 20.5. The molecule has 2 N–H and O–H groups in total. The van der Waals surface area contributed by atoms with Crippen molar-refractivity contribution in [1.82, 2.24) is 9.97 Å². The topological polar surface area (TPSA) is 76.2 Å². The van der Waals surface area contributed by atoms with E-state index in [0.29, 0.717) is 5.16 Å². The van der Waals surface area contributed by atoms with E-state index in [-0.39, 0.29) is 11.2 Å². The number of benzene rings is 3. The van der Waals surface area contributed by atoms with Gasteiger partial charge in [0.05, 0.1) is 30.9 Å². The average molecular weight is 488 g/mol. The van der Waals surface area contributed by atoms with Crippen LogP contribution in [0.15, 0.2) is 71.9 Å². The van der Waals surface area contributed by atoms with Crippen LogP contribution >= 0.6 is 11.8 Å². The maximum absolute atomic E-state index is 12.9. The Balaban J connectivity index is 1.61. The number of anilines is 1. The summed E-state index contributed by atoms with van der Waals surface area (Å²) >= 11 is 1.39. The summed E-state index contributed by atoms with van der Waals surface area (Å²) in [5.74, 6) is 1.49. The number of rotatable bonds is 8. The SMILES string of the molecule is COc1ccc(-c2nc(SC(C)C(=O)Nc3ccc(C)cc3C)[nH]c2-c2ccc(OC)cc2)cc1. The number of imidazole rings is 1. The van der Waals surface area contributed by atoms with E-state index < -0.39 is 0 Å². The third kappa shape index (κ3) is 5.69. The van der Waals surface area contributed by atoms with Crippen molar-refractivity contribution in [2.24, 2.45) is 0 Å².